The van der Waals surface area contributed by atoms with Crippen LogP contribution >= 0.6 is 0 Å². The Morgan fingerprint density at radius 1 is 1.44 bits per heavy atom. The first-order valence-electron chi connectivity index (χ1n) is 9.05. The Morgan fingerprint density at radius 2 is 2.22 bits per heavy atom. The molecule has 1 aromatic carbocycles. The molecule has 2 atom stereocenters. The molecule has 7 heteroatoms. The minimum absolute atomic E-state index is 0.0632. The minimum atomic E-state index is -0.643. The van der Waals surface area contributed by atoms with Crippen molar-refractivity contribution in [1.82, 2.24) is 20.2 Å². The van der Waals surface area contributed by atoms with Crippen LogP contribution in [0.1, 0.15) is 44.1 Å². The van der Waals surface area contributed by atoms with E-state index in [2.05, 4.69) is 25.9 Å². The number of imidazole rings is 1. The summed E-state index contributed by atoms with van der Waals surface area (Å²) in [7, 11) is 1.29. The molecule has 0 aliphatic carbocycles. The van der Waals surface area contributed by atoms with Gasteiger partial charge in [0, 0.05) is 12.1 Å². The number of amides is 2. The fourth-order valence-corrected chi connectivity index (χ4v) is 3.47. The Labute approximate surface area is 158 Å². The largest absolute Gasteiger partial charge is 0.453 e. The van der Waals surface area contributed by atoms with Crippen molar-refractivity contribution in [3.8, 4) is 12.3 Å². The first-order chi connectivity index (χ1) is 12.9. The fourth-order valence-electron chi connectivity index (χ4n) is 3.47. The molecular formula is C20H24N4O3. The van der Waals surface area contributed by atoms with Crippen molar-refractivity contribution in [3.05, 3.63) is 29.6 Å². The summed E-state index contributed by atoms with van der Waals surface area (Å²) in [6.45, 7) is 4.42. The maximum Gasteiger partial charge on any atom is 0.407 e. The highest BCUT2D eigenvalue weighted by Gasteiger charge is 2.37. The van der Waals surface area contributed by atoms with E-state index >= 15 is 0 Å². The number of nitrogens with one attached hydrogen (secondary N) is 2. The summed E-state index contributed by atoms with van der Waals surface area (Å²) in [6, 6.07) is 4.80. The summed E-state index contributed by atoms with van der Waals surface area (Å²) in [5.41, 5.74) is 2.45. The lowest BCUT2D eigenvalue weighted by Gasteiger charge is -2.29. The van der Waals surface area contributed by atoms with Crippen LogP contribution in [0.25, 0.3) is 11.0 Å². The van der Waals surface area contributed by atoms with E-state index in [4.69, 9.17) is 6.42 Å². The van der Waals surface area contributed by atoms with Crippen molar-refractivity contribution in [2.75, 3.05) is 13.7 Å². The Kier molecular flexibility index (Phi) is 5.36. The lowest BCUT2D eigenvalue weighted by molar-refractivity contribution is -0.135. The van der Waals surface area contributed by atoms with Gasteiger partial charge < -0.3 is 19.9 Å². The number of H-pyrrole nitrogens is 1. The van der Waals surface area contributed by atoms with Gasteiger partial charge in [-0.25, -0.2) is 9.78 Å². The summed E-state index contributed by atoms with van der Waals surface area (Å²) >= 11 is 0. The van der Waals surface area contributed by atoms with E-state index in [-0.39, 0.29) is 17.9 Å². The highest BCUT2D eigenvalue weighted by atomic mass is 16.5. The average molecular weight is 368 g/mol. The van der Waals surface area contributed by atoms with Crippen molar-refractivity contribution >= 4 is 23.0 Å². The lowest BCUT2D eigenvalue weighted by atomic mass is 10.0. The van der Waals surface area contributed by atoms with Crippen molar-refractivity contribution in [1.29, 1.82) is 0 Å². The second-order valence-electron chi connectivity index (χ2n) is 7.05. The van der Waals surface area contributed by atoms with Gasteiger partial charge in [0.1, 0.15) is 11.9 Å². The number of alkyl carbamates (subject to hydrolysis) is 1. The highest BCUT2D eigenvalue weighted by molar-refractivity contribution is 5.86. The SMILES string of the molecule is C#Cc1ccc2nc(C3CCCN3C(=O)[C@@H](NC(=O)OC)C(C)C)[nH]c2c1. The van der Waals surface area contributed by atoms with Crippen LogP contribution in [0.4, 0.5) is 4.79 Å². The number of aromatic nitrogens is 2. The molecule has 0 spiro atoms. The van der Waals surface area contributed by atoms with Gasteiger partial charge in [0.15, 0.2) is 0 Å². The average Bonchev–Trinajstić information content (AvgIpc) is 3.30. The molecule has 0 bridgehead atoms. The van der Waals surface area contributed by atoms with E-state index in [1.807, 2.05) is 32.0 Å². The lowest BCUT2D eigenvalue weighted by Crippen LogP contribution is -2.51. The van der Waals surface area contributed by atoms with E-state index < -0.39 is 12.1 Å². The third-order valence-corrected chi connectivity index (χ3v) is 4.91. The molecule has 142 valence electrons. The molecule has 1 unspecified atom stereocenters. The first kappa shape index (κ1) is 18.8. The molecule has 2 N–H and O–H groups in total. The standard InChI is InChI=1S/C20H24N4O3/c1-5-13-8-9-14-15(11-13)22-18(21-14)16-7-6-10-24(16)19(25)17(12(2)3)23-20(26)27-4/h1,8-9,11-12,16-17H,6-7,10H2,2-4H3,(H,21,22)(H,23,26)/t16?,17-/m0/s1. The van der Waals surface area contributed by atoms with E-state index in [1.165, 1.54) is 7.11 Å². The van der Waals surface area contributed by atoms with Gasteiger partial charge in [-0.3, -0.25) is 4.79 Å². The molecular weight excluding hydrogens is 344 g/mol. The molecule has 1 aliphatic rings. The maximum atomic E-state index is 13.1. The molecule has 2 heterocycles. The second-order valence-corrected chi connectivity index (χ2v) is 7.05. The number of hydrogen-bond acceptors (Lipinski definition) is 4. The molecule has 7 nitrogen and oxygen atoms in total. The number of rotatable bonds is 4. The Morgan fingerprint density at radius 3 is 2.89 bits per heavy atom. The zero-order valence-corrected chi connectivity index (χ0v) is 15.8. The summed E-state index contributed by atoms with van der Waals surface area (Å²) in [5.74, 6) is 3.17. The second kappa shape index (κ2) is 7.70. The number of likely N-dealkylation sites (tertiary alicyclic amines) is 1. The quantitative estimate of drug-likeness (QED) is 0.812. The Bertz CT molecular complexity index is 896. The maximum absolute atomic E-state index is 13.1. The molecule has 2 aromatic rings. The predicted molar refractivity (Wildman–Crippen MR) is 102 cm³/mol. The summed E-state index contributed by atoms with van der Waals surface area (Å²) < 4.78 is 4.66. The Hall–Kier alpha value is -3.01. The molecule has 1 fully saturated rings. The molecule has 27 heavy (non-hydrogen) atoms. The van der Waals surface area contributed by atoms with E-state index in [0.717, 1.165) is 35.3 Å². The van der Waals surface area contributed by atoms with Gasteiger partial charge in [-0.1, -0.05) is 19.8 Å². The zero-order valence-electron chi connectivity index (χ0n) is 15.8. The van der Waals surface area contributed by atoms with Crippen LogP contribution in [0.5, 0.6) is 0 Å². The third-order valence-electron chi connectivity index (χ3n) is 4.91. The van der Waals surface area contributed by atoms with Crippen LogP contribution in [-0.2, 0) is 9.53 Å². The fraction of sp³-hybridized carbons (Fsp3) is 0.450. The van der Waals surface area contributed by atoms with E-state index in [1.54, 1.807) is 4.90 Å². The van der Waals surface area contributed by atoms with Gasteiger partial charge in [-0.15, -0.1) is 6.42 Å². The number of ether oxygens (including phenoxy) is 1. The summed E-state index contributed by atoms with van der Waals surface area (Å²) in [4.78, 5) is 34.5. The van der Waals surface area contributed by atoms with Crippen LogP contribution in [0.2, 0.25) is 0 Å². The van der Waals surface area contributed by atoms with Crippen LogP contribution in [-0.4, -0.2) is 46.6 Å². The summed E-state index contributed by atoms with van der Waals surface area (Å²) in [6.07, 6.45) is 6.55. The zero-order chi connectivity index (χ0) is 19.6. The van der Waals surface area contributed by atoms with Gasteiger partial charge in [-0.05, 0) is 37.0 Å². The number of methoxy groups -OCH3 is 1. The van der Waals surface area contributed by atoms with Crippen LogP contribution in [0.3, 0.4) is 0 Å². The number of benzene rings is 1. The van der Waals surface area contributed by atoms with E-state index in [0.29, 0.717) is 6.54 Å². The number of nitrogens with zero attached hydrogens (tertiary/aromatic N) is 2. The number of carbonyl (C=O) groups excluding carboxylic acids is 2. The monoisotopic (exact) mass is 368 g/mol. The van der Waals surface area contributed by atoms with Crippen molar-refractivity contribution in [2.45, 2.75) is 38.8 Å². The highest BCUT2D eigenvalue weighted by Crippen LogP contribution is 2.32. The molecule has 2 amide bonds. The molecule has 1 aromatic heterocycles. The van der Waals surface area contributed by atoms with E-state index in [9.17, 15) is 9.59 Å². The number of aromatic amines is 1. The topological polar surface area (TPSA) is 87.3 Å². The van der Waals surface area contributed by atoms with Crippen molar-refractivity contribution < 1.29 is 14.3 Å². The van der Waals surface area contributed by atoms with Crippen LogP contribution < -0.4 is 5.32 Å². The third kappa shape index (κ3) is 3.75. The van der Waals surface area contributed by atoms with Crippen molar-refractivity contribution in [3.63, 3.8) is 0 Å². The first-order valence-corrected chi connectivity index (χ1v) is 9.05. The summed E-state index contributed by atoms with van der Waals surface area (Å²) in [5, 5.41) is 2.65. The van der Waals surface area contributed by atoms with Gasteiger partial charge in [0.05, 0.1) is 24.2 Å². The molecule has 3 rings (SSSR count). The van der Waals surface area contributed by atoms with Gasteiger partial charge >= 0.3 is 6.09 Å². The predicted octanol–water partition coefficient (Wildman–Crippen LogP) is 2.59. The van der Waals surface area contributed by atoms with Crippen LogP contribution in [0.15, 0.2) is 18.2 Å². The molecule has 0 radical (unpaired) electrons. The van der Waals surface area contributed by atoms with Gasteiger partial charge in [0.25, 0.3) is 0 Å². The van der Waals surface area contributed by atoms with Gasteiger partial charge in [-0.2, -0.15) is 0 Å². The number of carbonyl (C=O) groups is 2. The normalized spacial score (nSPS) is 17.7. The number of hydrogen-bond donors (Lipinski definition) is 2. The molecule has 0 saturated carbocycles. The number of terminal acetylenes is 1. The molecule has 1 saturated heterocycles. The van der Waals surface area contributed by atoms with Gasteiger partial charge in [0.2, 0.25) is 5.91 Å². The minimum Gasteiger partial charge on any atom is -0.453 e. The van der Waals surface area contributed by atoms with Crippen LogP contribution in [0, 0.1) is 18.3 Å². The smallest absolute Gasteiger partial charge is 0.407 e. The van der Waals surface area contributed by atoms with Crippen molar-refractivity contribution in [2.24, 2.45) is 5.92 Å². The Balaban J connectivity index is 1.87. The number of fused-ring (bicyclic) bond motifs is 1. The molecule has 1 aliphatic heterocycles.